The highest BCUT2D eigenvalue weighted by molar-refractivity contribution is 6.36. The fourth-order valence-corrected chi connectivity index (χ4v) is 1.88. The zero-order chi connectivity index (χ0) is 15.6. The fourth-order valence-electron chi connectivity index (χ4n) is 1.67. The fraction of sp³-hybridized carbons (Fsp3) is 0.0714. The van der Waals surface area contributed by atoms with Gasteiger partial charge in [-0.2, -0.15) is 13.2 Å². The molecule has 0 radical (unpaired) electrons. The summed E-state index contributed by atoms with van der Waals surface area (Å²) < 4.78 is 37.3. The van der Waals surface area contributed by atoms with Crippen molar-refractivity contribution in [3.8, 4) is 0 Å². The van der Waals surface area contributed by atoms with Crippen molar-refractivity contribution >= 4 is 28.9 Å². The number of rotatable bonds is 2. The van der Waals surface area contributed by atoms with Crippen molar-refractivity contribution in [3.05, 3.63) is 58.6 Å². The standard InChI is InChI=1S/C14H10ClF3N2O/c15-12-10(2-1-3-11(12)19)13(21)20-9-6-4-8(5-7-9)14(16,17)18/h1-7H,19H2,(H,20,21). The van der Waals surface area contributed by atoms with Crippen LogP contribution in [0.25, 0.3) is 0 Å². The Bertz CT molecular complexity index is 669. The average molecular weight is 315 g/mol. The summed E-state index contributed by atoms with van der Waals surface area (Å²) in [6.07, 6.45) is -4.42. The molecule has 0 heterocycles. The molecule has 2 aromatic rings. The van der Waals surface area contributed by atoms with E-state index < -0.39 is 17.6 Å². The molecule has 0 atom stereocenters. The second-order valence-corrected chi connectivity index (χ2v) is 4.62. The number of hydrogen-bond acceptors (Lipinski definition) is 2. The molecule has 3 nitrogen and oxygen atoms in total. The van der Waals surface area contributed by atoms with Crippen LogP contribution in [0.2, 0.25) is 5.02 Å². The van der Waals surface area contributed by atoms with E-state index in [0.717, 1.165) is 12.1 Å². The molecule has 0 unspecified atom stereocenters. The Hall–Kier alpha value is -2.21. The number of amides is 1. The maximum Gasteiger partial charge on any atom is 0.416 e. The number of carbonyl (C=O) groups excluding carboxylic acids is 1. The summed E-state index contributed by atoms with van der Waals surface area (Å²) in [4.78, 5) is 12.0. The van der Waals surface area contributed by atoms with Crippen LogP contribution in [0.5, 0.6) is 0 Å². The summed E-state index contributed by atoms with van der Waals surface area (Å²) in [5, 5.41) is 2.56. The SMILES string of the molecule is Nc1cccc(C(=O)Nc2ccc(C(F)(F)F)cc2)c1Cl. The van der Waals surface area contributed by atoms with Crippen molar-refractivity contribution in [3.63, 3.8) is 0 Å². The van der Waals surface area contributed by atoms with E-state index in [1.54, 1.807) is 6.07 Å². The van der Waals surface area contributed by atoms with E-state index in [0.29, 0.717) is 0 Å². The van der Waals surface area contributed by atoms with Crippen LogP contribution in [0.1, 0.15) is 15.9 Å². The molecule has 0 aliphatic heterocycles. The predicted molar refractivity (Wildman–Crippen MR) is 75.3 cm³/mol. The zero-order valence-corrected chi connectivity index (χ0v) is 11.3. The second kappa shape index (κ2) is 5.65. The lowest BCUT2D eigenvalue weighted by molar-refractivity contribution is -0.137. The van der Waals surface area contributed by atoms with Crippen LogP contribution in [0.15, 0.2) is 42.5 Å². The zero-order valence-electron chi connectivity index (χ0n) is 10.5. The molecule has 0 saturated carbocycles. The molecule has 0 aliphatic carbocycles. The molecule has 0 bridgehead atoms. The Balaban J connectivity index is 2.18. The number of hydrogen-bond donors (Lipinski definition) is 2. The first-order chi connectivity index (χ1) is 9.79. The predicted octanol–water partition coefficient (Wildman–Crippen LogP) is 4.19. The van der Waals surface area contributed by atoms with Gasteiger partial charge in [0.25, 0.3) is 5.91 Å². The van der Waals surface area contributed by atoms with Crippen LogP contribution >= 0.6 is 11.6 Å². The number of alkyl halides is 3. The number of nitrogens with one attached hydrogen (secondary N) is 1. The van der Waals surface area contributed by atoms with Crippen LogP contribution in [0, 0.1) is 0 Å². The van der Waals surface area contributed by atoms with Gasteiger partial charge in [-0.3, -0.25) is 4.79 Å². The Labute approximate surface area is 123 Å². The third kappa shape index (κ3) is 3.46. The van der Waals surface area contributed by atoms with Gasteiger partial charge in [0.15, 0.2) is 0 Å². The number of halogens is 4. The summed E-state index contributed by atoms with van der Waals surface area (Å²) in [6, 6.07) is 8.67. The van der Waals surface area contributed by atoms with Gasteiger partial charge in [-0.05, 0) is 36.4 Å². The molecule has 1 amide bonds. The minimum Gasteiger partial charge on any atom is -0.398 e. The first-order valence-electron chi connectivity index (χ1n) is 5.81. The van der Waals surface area contributed by atoms with E-state index in [4.69, 9.17) is 17.3 Å². The van der Waals surface area contributed by atoms with Crippen molar-refractivity contribution in [1.29, 1.82) is 0 Å². The summed E-state index contributed by atoms with van der Waals surface area (Å²) in [7, 11) is 0. The number of nitrogens with two attached hydrogens (primary N) is 1. The quantitative estimate of drug-likeness (QED) is 0.816. The van der Waals surface area contributed by atoms with Gasteiger partial charge in [-0.15, -0.1) is 0 Å². The molecule has 2 rings (SSSR count). The van der Waals surface area contributed by atoms with Crippen molar-refractivity contribution in [2.45, 2.75) is 6.18 Å². The lowest BCUT2D eigenvalue weighted by atomic mass is 10.1. The molecule has 2 aromatic carbocycles. The molecule has 3 N–H and O–H groups in total. The molecular formula is C14H10ClF3N2O. The van der Waals surface area contributed by atoms with Gasteiger partial charge in [0, 0.05) is 5.69 Å². The van der Waals surface area contributed by atoms with E-state index in [9.17, 15) is 18.0 Å². The minimum absolute atomic E-state index is 0.0990. The summed E-state index contributed by atoms with van der Waals surface area (Å²) in [5.41, 5.74) is 5.42. The van der Waals surface area contributed by atoms with Gasteiger partial charge in [0.05, 0.1) is 21.8 Å². The average Bonchev–Trinajstić information content (AvgIpc) is 2.41. The number of benzene rings is 2. The Morgan fingerprint density at radius 1 is 1.10 bits per heavy atom. The van der Waals surface area contributed by atoms with Gasteiger partial charge >= 0.3 is 6.18 Å². The highest BCUT2D eigenvalue weighted by Crippen LogP contribution is 2.30. The third-order valence-electron chi connectivity index (χ3n) is 2.74. The summed E-state index contributed by atoms with van der Waals surface area (Å²) in [6.45, 7) is 0. The number of nitrogen functional groups attached to an aromatic ring is 1. The normalized spacial score (nSPS) is 11.2. The molecule has 110 valence electrons. The third-order valence-corrected chi connectivity index (χ3v) is 3.17. The maximum absolute atomic E-state index is 12.4. The highest BCUT2D eigenvalue weighted by Gasteiger charge is 2.30. The largest absolute Gasteiger partial charge is 0.416 e. The number of carbonyl (C=O) groups is 1. The van der Waals surface area contributed by atoms with E-state index >= 15 is 0 Å². The van der Waals surface area contributed by atoms with Crippen LogP contribution in [-0.4, -0.2) is 5.91 Å². The first-order valence-corrected chi connectivity index (χ1v) is 6.19. The van der Waals surface area contributed by atoms with Crippen molar-refractivity contribution in [2.24, 2.45) is 0 Å². The van der Waals surface area contributed by atoms with Crippen molar-refractivity contribution in [2.75, 3.05) is 11.1 Å². The lowest BCUT2D eigenvalue weighted by Crippen LogP contribution is -2.13. The molecule has 21 heavy (non-hydrogen) atoms. The van der Waals surface area contributed by atoms with E-state index in [2.05, 4.69) is 5.32 Å². The topological polar surface area (TPSA) is 55.1 Å². The van der Waals surface area contributed by atoms with Crippen molar-refractivity contribution in [1.82, 2.24) is 0 Å². The molecule has 0 aromatic heterocycles. The second-order valence-electron chi connectivity index (χ2n) is 4.24. The summed E-state index contributed by atoms with van der Waals surface area (Å²) in [5.74, 6) is -0.549. The van der Waals surface area contributed by atoms with Gasteiger partial charge in [-0.25, -0.2) is 0 Å². The van der Waals surface area contributed by atoms with Crippen molar-refractivity contribution < 1.29 is 18.0 Å². The Morgan fingerprint density at radius 2 is 1.71 bits per heavy atom. The molecule has 0 saturated heterocycles. The van der Waals surface area contributed by atoms with Gasteiger partial charge in [0.1, 0.15) is 0 Å². The van der Waals surface area contributed by atoms with Crippen LogP contribution in [-0.2, 0) is 6.18 Å². The van der Waals surface area contributed by atoms with Gasteiger partial charge < -0.3 is 11.1 Å². The van der Waals surface area contributed by atoms with E-state index in [1.807, 2.05) is 0 Å². The van der Waals surface area contributed by atoms with E-state index in [-0.39, 0.29) is 22.0 Å². The smallest absolute Gasteiger partial charge is 0.398 e. The Kier molecular flexibility index (Phi) is 4.09. The van der Waals surface area contributed by atoms with Crippen LogP contribution < -0.4 is 11.1 Å². The molecular weight excluding hydrogens is 305 g/mol. The monoisotopic (exact) mass is 314 g/mol. The van der Waals surface area contributed by atoms with Gasteiger partial charge in [0.2, 0.25) is 0 Å². The van der Waals surface area contributed by atoms with Crippen LogP contribution in [0.3, 0.4) is 0 Å². The first kappa shape index (κ1) is 15.2. The van der Waals surface area contributed by atoms with Gasteiger partial charge in [-0.1, -0.05) is 17.7 Å². The number of anilines is 2. The maximum atomic E-state index is 12.4. The van der Waals surface area contributed by atoms with E-state index in [1.165, 1.54) is 24.3 Å². The lowest BCUT2D eigenvalue weighted by Gasteiger charge is -2.10. The summed E-state index contributed by atoms with van der Waals surface area (Å²) >= 11 is 5.90. The Morgan fingerprint density at radius 3 is 2.29 bits per heavy atom. The molecule has 0 spiro atoms. The molecule has 0 aliphatic rings. The van der Waals surface area contributed by atoms with Crippen LogP contribution in [0.4, 0.5) is 24.5 Å². The highest BCUT2D eigenvalue weighted by atomic mass is 35.5. The molecule has 7 heteroatoms. The minimum atomic E-state index is -4.42. The molecule has 0 fully saturated rings.